The van der Waals surface area contributed by atoms with E-state index in [2.05, 4.69) is 0 Å². The molecule has 0 radical (unpaired) electrons. The van der Waals surface area contributed by atoms with Gasteiger partial charge < -0.3 is 9.11 Å². The number of benzene rings is 1. The van der Waals surface area contributed by atoms with Gasteiger partial charge in [-0.15, -0.1) is 0 Å². The zero-order valence-electron chi connectivity index (χ0n) is 6.91. The molecule has 0 aliphatic heterocycles. The van der Waals surface area contributed by atoms with Crippen LogP contribution in [0.2, 0.25) is 0 Å². The van der Waals surface area contributed by atoms with Gasteiger partial charge in [-0.25, -0.2) is 4.21 Å². The number of hydrogen-bond acceptors (Lipinski definition) is 3. The molecule has 0 amide bonds. The van der Waals surface area contributed by atoms with E-state index in [1.165, 1.54) is 0 Å². The minimum absolute atomic E-state index is 0. The van der Waals surface area contributed by atoms with Crippen molar-refractivity contribution >= 4 is 25.1 Å². The Bertz CT molecular complexity index is 252. The van der Waals surface area contributed by atoms with E-state index in [1.807, 2.05) is 30.3 Å². The first kappa shape index (κ1) is 16.5. The van der Waals surface area contributed by atoms with Crippen LogP contribution in [0.25, 0.3) is 0 Å². The third kappa shape index (κ3) is 13.0. The van der Waals surface area contributed by atoms with Crippen molar-refractivity contribution in [1.29, 1.82) is 0 Å². The summed E-state index contributed by atoms with van der Waals surface area (Å²) in [7, 11) is 0.0994. The van der Waals surface area contributed by atoms with Crippen LogP contribution in [0.3, 0.4) is 0 Å². The molecule has 0 fully saturated rings. The second-order valence-corrected chi connectivity index (χ2v) is 2.78. The van der Waals surface area contributed by atoms with E-state index in [0.717, 1.165) is 5.30 Å². The van der Waals surface area contributed by atoms with Gasteiger partial charge in [0, 0.05) is 5.30 Å². The van der Waals surface area contributed by atoms with Crippen molar-refractivity contribution < 1.29 is 69.3 Å². The molecule has 0 aliphatic rings. The Hall–Kier alpha value is 1.03. The Morgan fingerprint density at radius 2 is 1.69 bits per heavy atom. The van der Waals surface area contributed by atoms with E-state index >= 15 is 0 Å². The van der Waals surface area contributed by atoms with E-state index in [1.54, 1.807) is 0 Å². The summed E-state index contributed by atoms with van der Waals surface area (Å²) in [4.78, 5) is 0. The molecule has 13 heavy (non-hydrogen) atoms. The first-order valence-corrected chi connectivity index (χ1v) is 4.68. The molecule has 1 aromatic carbocycles. The fourth-order valence-electron chi connectivity index (χ4n) is 0.489. The van der Waals surface area contributed by atoms with Crippen LogP contribution >= 0.6 is 8.46 Å². The standard InChI is InChI=1S/C6H5OP.K.H2O3S/c7-8-6-4-2-1-3-5-6;;1-4(2)3/h1-5H;;(H2,1,2,3)/q;+1;/p-1. The summed E-state index contributed by atoms with van der Waals surface area (Å²) < 4.78 is 34.2. The summed E-state index contributed by atoms with van der Waals surface area (Å²) in [5, 5.41) is 0.826. The van der Waals surface area contributed by atoms with E-state index in [0.29, 0.717) is 0 Å². The molecule has 0 bridgehead atoms. The summed E-state index contributed by atoms with van der Waals surface area (Å²) in [5.41, 5.74) is 0. The molecule has 0 heterocycles. The van der Waals surface area contributed by atoms with Crippen molar-refractivity contribution in [1.82, 2.24) is 0 Å². The maximum Gasteiger partial charge on any atom is 1.00 e. The zero-order valence-corrected chi connectivity index (χ0v) is 11.7. The minimum atomic E-state index is -2.86. The van der Waals surface area contributed by atoms with Crippen molar-refractivity contribution in [2.75, 3.05) is 0 Å². The third-order valence-corrected chi connectivity index (χ3v) is 1.37. The van der Waals surface area contributed by atoms with Crippen molar-refractivity contribution in [3.05, 3.63) is 30.3 Å². The Morgan fingerprint density at radius 3 is 1.92 bits per heavy atom. The third-order valence-electron chi connectivity index (χ3n) is 0.862. The van der Waals surface area contributed by atoms with Gasteiger partial charge in [-0.05, 0) is 12.1 Å². The summed E-state index contributed by atoms with van der Waals surface area (Å²) in [6.45, 7) is 0. The molecule has 66 valence electrons. The first-order chi connectivity index (χ1) is 5.66. The zero-order chi connectivity index (χ0) is 9.40. The van der Waals surface area contributed by atoms with E-state index in [-0.39, 0.29) is 59.8 Å². The average molecular weight is 244 g/mol. The van der Waals surface area contributed by atoms with Gasteiger partial charge in [0.1, 0.15) is 0 Å². The van der Waals surface area contributed by atoms with Gasteiger partial charge in [-0.2, -0.15) is 0 Å². The molecule has 1 N–H and O–H groups in total. The summed E-state index contributed by atoms with van der Waals surface area (Å²) in [6.07, 6.45) is 0. The van der Waals surface area contributed by atoms with Crippen molar-refractivity contribution in [2.24, 2.45) is 0 Å². The van der Waals surface area contributed by atoms with Crippen molar-refractivity contribution in [3.8, 4) is 0 Å². The maximum absolute atomic E-state index is 10.1. The summed E-state index contributed by atoms with van der Waals surface area (Å²) in [5.74, 6) is 0. The summed E-state index contributed by atoms with van der Waals surface area (Å²) >= 11 is -2.86. The van der Waals surface area contributed by atoms with Gasteiger partial charge in [0.2, 0.25) is 0 Å². The fraction of sp³-hybridized carbons (Fsp3) is 0. The average Bonchev–Trinajstić information content (AvgIpc) is 2.05. The fourth-order valence-corrected chi connectivity index (χ4v) is 0.783. The SMILES string of the molecule is O=Pc1ccccc1.O=S([O-])O.[K+]. The molecule has 4 nitrogen and oxygen atoms in total. The molecular weight excluding hydrogens is 238 g/mol. The summed E-state index contributed by atoms with van der Waals surface area (Å²) in [6, 6.07) is 9.25. The van der Waals surface area contributed by atoms with Gasteiger partial charge >= 0.3 is 51.4 Å². The molecule has 0 saturated heterocycles. The van der Waals surface area contributed by atoms with E-state index in [4.69, 9.17) is 13.3 Å². The van der Waals surface area contributed by atoms with Crippen LogP contribution in [-0.2, 0) is 15.9 Å². The molecule has 1 atom stereocenters. The second-order valence-electron chi connectivity index (χ2n) is 1.64. The Balaban J connectivity index is 0. The predicted octanol–water partition coefficient (Wildman–Crippen LogP) is -2.05. The van der Waals surface area contributed by atoms with Gasteiger partial charge in [-0.1, -0.05) is 18.2 Å². The van der Waals surface area contributed by atoms with Crippen LogP contribution in [0.15, 0.2) is 30.3 Å². The predicted molar refractivity (Wildman–Crippen MR) is 45.2 cm³/mol. The molecule has 1 rings (SSSR count). The molecule has 0 saturated carbocycles. The van der Waals surface area contributed by atoms with Gasteiger partial charge in [0.15, 0.2) is 8.46 Å². The second kappa shape index (κ2) is 11.1. The molecule has 0 aromatic heterocycles. The Kier molecular flexibility index (Phi) is 14.1. The van der Waals surface area contributed by atoms with Gasteiger partial charge in [0.25, 0.3) is 0 Å². The molecule has 0 aliphatic carbocycles. The van der Waals surface area contributed by atoms with Crippen LogP contribution in [0.4, 0.5) is 0 Å². The van der Waals surface area contributed by atoms with Crippen LogP contribution in [0.1, 0.15) is 0 Å². The maximum atomic E-state index is 10.1. The number of rotatable bonds is 1. The van der Waals surface area contributed by atoms with Gasteiger partial charge in [-0.3, -0.25) is 4.57 Å². The number of hydrogen-bond donors (Lipinski definition) is 1. The Labute approximate surface area is 123 Å². The van der Waals surface area contributed by atoms with Crippen LogP contribution in [-0.4, -0.2) is 13.3 Å². The largest absolute Gasteiger partial charge is 1.00 e. The van der Waals surface area contributed by atoms with Crippen molar-refractivity contribution in [3.63, 3.8) is 0 Å². The normalized spacial score (nSPS) is 10.6. The Morgan fingerprint density at radius 1 is 1.31 bits per heavy atom. The molecule has 1 unspecified atom stereocenters. The topological polar surface area (TPSA) is 77.4 Å². The quantitative estimate of drug-likeness (QED) is 0.350. The molecule has 0 spiro atoms. The van der Waals surface area contributed by atoms with Crippen LogP contribution in [0.5, 0.6) is 0 Å². The molecule has 1 aromatic rings. The van der Waals surface area contributed by atoms with E-state index in [9.17, 15) is 4.57 Å². The van der Waals surface area contributed by atoms with Gasteiger partial charge in [0.05, 0.1) is 11.4 Å². The monoisotopic (exact) mass is 244 g/mol. The van der Waals surface area contributed by atoms with Crippen LogP contribution < -0.4 is 56.7 Å². The minimum Gasteiger partial charge on any atom is -0.750 e. The van der Waals surface area contributed by atoms with Crippen LogP contribution in [0, 0.1) is 0 Å². The molecule has 7 heteroatoms. The smallest absolute Gasteiger partial charge is 0.750 e. The van der Waals surface area contributed by atoms with E-state index < -0.39 is 11.4 Å². The van der Waals surface area contributed by atoms with Crippen molar-refractivity contribution in [2.45, 2.75) is 0 Å². The molecular formula is C6H6KO4PS. The first-order valence-electron chi connectivity index (χ1n) is 2.83.